The van der Waals surface area contributed by atoms with E-state index in [9.17, 15) is 0 Å². The minimum Gasteiger partial charge on any atom is -0.316 e. The molecule has 1 aliphatic heterocycles. The molecular formula is C8H12N3S2+. The third-order valence-corrected chi connectivity index (χ3v) is 3.17. The molecule has 0 spiro atoms. The SMILES string of the molecule is S=C1NC[NH+](Cc2cccs2)CN1. The van der Waals surface area contributed by atoms with Gasteiger partial charge in [-0.1, -0.05) is 6.07 Å². The monoisotopic (exact) mass is 214 g/mol. The quantitative estimate of drug-likeness (QED) is 0.581. The zero-order chi connectivity index (χ0) is 9.10. The maximum absolute atomic E-state index is 4.97. The molecule has 1 saturated heterocycles. The van der Waals surface area contributed by atoms with Crippen LogP contribution < -0.4 is 15.5 Å². The predicted octanol–water partition coefficient (Wildman–Crippen LogP) is -0.474. The summed E-state index contributed by atoms with van der Waals surface area (Å²) in [6.45, 7) is 2.91. The zero-order valence-electron chi connectivity index (χ0n) is 7.17. The van der Waals surface area contributed by atoms with Crippen LogP contribution in [0.5, 0.6) is 0 Å². The molecule has 1 aromatic heterocycles. The Bertz CT molecular complexity index is 274. The Morgan fingerprint density at radius 3 is 2.85 bits per heavy atom. The first-order chi connectivity index (χ1) is 6.34. The largest absolute Gasteiger partial charge is 0.316 e. The van der Waals surface area contributed by atoms with Crippen molar-refractivity contribution in [3.63, 3.8) is 0 Å². The van der Waals surface area contributed by atoms with Crippen molar-refractivity contribution in [2.24, 2.45) is 0 Å². The van der Waals surface area contributed by atoms with Crippen LogP contribution >= 0.6 is 23.6 Å². The maximum Gasteiger partial charge on any atom is 0.174 e. The van der Waals surface area contributed by atoms with Crippen LogP contribution in [-0.4, -0.2) is 18.4 Å². The lowest BCUT2D eigenvalue weighted by molar-refractivity contribution is -0.919. The Hall–Kier alpha value is -0.650. The number of hydrogen-bond donors (Lipinski definition) is 3. The van der Waals surface area contributed by atoms with E-state index in [0.717, 1.165) is 25.0 Å². The van der Waals surface area contributed by atoms with Crippen LogP contribution in [0.25, 0.3) is 0 Å². The third-order valence-electron chi connectivity index (χ3n) is 2.00. The summed E-state index contributed by atoms with van der Waals surface area (Å²) in [5.41, 5.74) is 0. The Morgan fingerprint density at radius 2 is 2.23 bits per heavy atom. The summed E-state index contributed by atoms with van der Waals surface area (Å²) in [5.74, 6) is 0. The fourth-order valence-electron chi connectivity index (χ4n) is 1.32. The molecule has 3 nitrogen and oxygen atoms in total. The van der Waals surface area contributed by atoms with Crippen LogP contribution in [0.4, 0.5) is 0 Å². The lowest BCUT2D eigenvalue weighted by Gasteiger charge is -2.25. The van der Waals surface area contributed by atoms with Gasteiger partial charge in [0.15, 0.2) is 18.4 Å². The van der Waals surface area contributed by atoms with Crippen molar-refractivity contribution in [2.45, 2.75) is 6.54 Å². The first-order valence-corrected chi connectivity index (χ1v) is 5.51. The summed E-state index contributed by atoms with van der Waals surface area (Å²) in [7, 11) is 0. The highest BCUT2D eigenvalue weighted by Gasteiger charge is 2.15. The molecule has 70 valence electrons. The van der Waals surface area contributed by atoms with Crippen molar-refractivity contribution in [3.05, 3.63) is 22.4 Å². The number of quaternary nitrogens is 1. The van der Waals surface area contributed by atoms with E-state index in [-0.39, 0.29) is 0 Å². The molecule has 0 bridgehead atoms. The third kappa shape index (κ3) is 2.40. The highest BCUT2D eigenvalue weighted by Crippen LogP contribution is 2.05. The Balaban J connectivity index is 1.86. The standard InChI is InChI=1S/C8H11N3S2/c12-8-9-5-11(6-10-8)4-7-2-1-3-13-7/h1-3H,4-6H2,(H2,9,10,12)/p+1. The highest BCUT2D eigenvalue weighted by molar-refractivity contribution is 7.80. The van der Waals surface area contributed by atoms with Gasteiger partial charge >= 0.3 is 0 Å². The lowest BCUT2D eigenvalue weighted by Crippen LogP contribution is -3.16. The number of nitrogens with one attached hydrogen (secondary N) is 3. The van der Waals surface area contributed by atoms with Crippen LogP contribution in [0.2, 0.25) is 0 Å². The van der Waals surface area contributed by atoms with Crippen LogP contribution in [-0.2, 0) is 6.54 Å². The molecule has 0 saturated carbocycles. The van der Waals surface area contributed by atoms with E-state index in [0.29, 0.717) is 0 Å². The molecule has 0 radical (unpaired) electrons. The number of thiophene rings is 1. The Morgan fingerprint density at radius 1 is 1.46 bits per heavy atom. The fourth-order valence-corrected chi connectivity index (χ4v) is 2.24. The molecule has 2 heterocycles. The number of thiocarbonyl (C=S) groups is 1. The van der Waals surface area contributed by atoms with Crippen LogP contribution in [0.15, 0.2) is 17.5 Å². The number of rotatable bonds is 2. The molecule has 2 rings (SSSR count). The van der Waals surface area contributed by atoms with Gasteiger partial charge < -0.3 is 10.6 Å². The van der Waals surface area contributed by atoms with Gasteiger partial charge in [0.05, 0.1) is 4.88 Å². The van der Waals surface area contributed by atoms with Crippen LogP contribution in [0.1, 0.15) is 4.88 Å². The van der Waals surface area contributed by atoms with Gasteiger partial charge in [-0.15, -0.1) is 11.3 Å². The Labute approximate surface area is 86.7 Å². The highest BCUT2D eigenvalue weighted by atomic mass is 32.1. The van der Waals surface area contributed by atoms with E-state index in [4.69, 9.17) is 12.2 Å². The minimum absolute atomic E-state index is 0.773. The lowest BCUT2D eigenvalue weighted by atomic mass is 10.4. The second kappa shape index (κ2) is 4.04. The first-order valence-electron chi connectivity index (χ1n) is 4.22. The second-order valence-corrected chi connectivity index (χ2v) is 4.48. The summed E-state index contributed by atoms with van der Waals surface area (Å²) >= 11 is 6.78. The van der Waals surface area contributed by atoms with Crippen LogP contribution in [0.3, 0.4) is 0 Å². The molecule has 0 aliphatic carbocycles. The molecule has 5 heteroatoms. The van der Waals surface area contributed by atoms with Gasteiger partial charge in [0.25, 0.3) is 0 Å². The van der Waals surface area contributed by atoms with E-state index >= 15 is 0 Å². The second-order valence-electron chi connectivity index (χ2n) is 3.04. The summed E-state index contributed by atoms with van der Waals surface area (Å²) < 4.78 is 0. The van der Waals surface area contributed by atoms with E-state index in [1.54, 1.807) is 0 Å². The summed E-state index contributed by atoms with van der Waals surface area (Å²) in [5, 5.41) is 9.15. The smallest absolute Gasteiger partial charge is 0.174 e. The molecule has 3 N–H and O–H groups in total. The van der Waals surface area contributed by atoms with E-state index < -0.39 is 0 Å². The van der Waals surface area contributed by atoms with Crippen molar-refractivity contribution in [2.75, 3.05) is 13.3 Å². The molecule has 1 aromatic rings. The van der Waals surface area contributed by atoms with Crippen molar-refractivity contribution in [3.8, 4) is 0 Å². The van der Waals surface area contributed by atoms with Gasteiger partial charge in [0.1, 0.15) is 6.54 Å². The average Bonchev–Trinajstić information content (AvgIpc) is 2.62. The van der Waals surface area contributed by atoms with Crippen LogP contribution in [0, 0.1) is 0 Å². The fraction of sp³-hybridized carbons (Fsp3) is 0.375. The molecule has 0 amide bonds. The molecule has 1 fully saturated rings. The van der Waals surface area contributed by atoms with Crippen molar-refractivity contribution in [1.82, 2.24) is 10.6 Å². The van der Waals surface area contributed by atoms with Gasteiger partial charge in [-0.25, -0.2) is 0 Å². The van der Waals surface area contributed by atoms with Crippen molar-refractivity contribution in [1.29, 1.82) is 0 Å². The summed E-state index contributed by atoms with van der Waals surface area (Å²) in [6.07, 6.45) is 0. The molecule has 0 unspecified atom stereocenters. The molecule has 0 atom stereocenters. The van der Waals surface area contributed by atoms with Gasteiger partial charge in [0.2, 0.25) is 0 Å². The Kier molecular flexibility index (Phi) is 2.77. The molecule has 13 heavy (non-hydrogen) atoms. The summed E-state index contributed by atoms with van der Waals surface area (Å²) in [6, 6.07) is 4.26. The van der Waals surface area contributed by atoms with Crippen molar-refractivity contribution < 1.29 is 4.90 Å². The first kappa shape index (κ1) is 8.93. The van der Waals surface area contributed by atoms with E-state index in [2.05, 4.69) is 28.1 Å². The van der Waals surface area contributed by atoms with E-state index in [1.165, 1.54) is 9.78 Å². The molecule has 0 aromatic carbocycles. The van der Waals surface area contributed by atoms with Crippen molar-refractivity contribution >= 4 is 28.7 Å². The molecule has 1 aliphatic rings. The normalized spacial score (nSPS) is 18.0. The zero-order valence-corrected chi connectivity index (χ0v) is 8.80. The average molecular weight is 214 g/mol. The summed E-state index contributed by atoms with van der Waals surface area (Å²) in [4.78, 5) is 2.89. The molecular weight excluding hydrogens is 202 g/mol. The van der Waals surface area contributed by atoms with Gasteiger partial charge in [-0.2, -0.15) is 0 Å². The predicted molar refractivity (Wildman–Crippen MR) is 57.6 cm³/mol. The maximum atomic E-state index is 4.97. The van der Waals surface area contributed by atoms with E-state index in [1.807, 2.05) is 11.3 Å². The number of hydrogen-bond acceptors (Lipinski definition) is 2. The minimum atomic E-state index is 0.773. The van der Waals surface area contributed by atoms with Gasteiger partial charge in [-0.3, -0.25) is 4.90 Å². The van der Waals surface area contributed by atoms with Gasteiger partial charge in [-0.05, 0) is 23.7 Å². The van der Waals surface area contributed by atoms with Gasteiger partial charge in [0, 0.05) is 0 Å². The topological polar surface area (TPSA) is 28.5 Å².